The number of imide groups is 1. The van der Waals surface area contributed by atoms with E-state index in [1.54, 1.807) is 34.1 Å². The molecule has 6 rings (SSSR count). The summed E-state index contributed by atoms with van der Waals surface area (Å²) in [6, 6.07) is 6.92. The molecule has 66 heavy (non-hydrogen) atoms. The van der Waals surface area contributed by atoms with Crippen molar-refractivity contribution in [1.82, 2.24) is 41.3 Å². The minimum Gasteiger partial charge on any atom is -0.365 e. The van der Waals surface area contributed by atoms with E-state index in [2.05, 4.69) is 37.2 Å². The van der Waals surface area contributed by atoms with Crippen LogP contribution in [0, 0.1) is 17.8 Å². The van der Waals surface area contributed by atoms with Crippen LogP contribution in [0.3, 0.4) is 0 Å². The topological polar surface area (TPSA) is 234 Å². The molecule has 1 aliphatic carbocycles. The molecule has 20 heteroatoms. The molecule has 4 heterocycles. The molecule has 4 aliphatic heterocycles. The van der Waals surface area contributed by atoms with Crippen LogP contribution in [0.4, 0.5) is 11.4 Å². The first-order valence-electron chi connectivity index (χ1n) is 23.5. The van der Waals surface area contributed by atoms with Crippen molar-refractivity contribution in [2.45, 2.75) is 127 Å². The number of carbonyl (C=O) groups is 7. The van der Waals surface area contributed by atoms with Gasteiger partial charge in [0.2, 0.25) is 29.5 Å². The Morgan fingerprint density at radius 3 is 2.14 bits per heavy atom. The third-order valence-electron chi connectivity index (χ3n) is 13.0. The number of hydrogen-bond acceptors (Lipinski definition) is 12. The van der Waals surface area contributed by atoms with E-state index in [1.807, 2.05) is 39.5 Å². The van der Waals surface area contributed by atoms with Crippen LogP contribution in [0.15, 0.2) is 36.4 Å². The van der Waals surface area contributed by atoms with E-state index in [4.69, 9.17) is 12.2 Å². The van der Waals surface area contributed by atoms with E-state index in [9.17, 15) is 38.7 Å². The fourth-order valence-corrected chi connectivity index (χ4v) is 11.1. The van der Waals surface area contributed by atoms with Gasteiger partial charge in [-0.1, -0.05) is 40.5 Å². The molecular weight excluding hydrogens is 885 g/mol. The number of thiocarbonyl (C=S) groups is 1. The van der Waals surface area contributed by atoms with Gasteiger partial charge in [-0.05, 0) is 92.8 Å². The Bertz CT molecular complexity index is 1960. The van der Waals surface area contributed by atoms with Crippen molar-refractivity contribution in [1.29, 1.82) is 0 Å². The molecule has 0 bridgehead atoms. The molecule has 3 saturated heterocycles. The van der Waals surface area contributed by atoms with Gasteiger partial charge >= 0.3 is 0 Å². The SMILES string of the molecule is CC(C)C[C@H](NC(=O)C1(NC(=O)CCCCCN2C(=O)C=CC2=O)C[C@@H]1C(C)C)C(=O)N1CCN(C(=O)CNC(=S)Nc2ccc(NC(=O)CCCC[C@@H]3SC[C@@H]4NC(O)N[C@@H]43)cc2)CC1. The van der Waals surface area contributed by atoms with E-state index < -0.39 is 17.9 Å². The number of rotatable bonds is 22. The molecule has 1 aromatic rings. The number of amides is 7. The number of piperazine rings is 1. The normalized spacial score (nSPS) is 25.0. The highest BCUT2D eigenvalue weighted by Gasteiger charge is 2.62. The smallest absolute Gasteiger partial charge is 0.253 e. The molecule has 0 aromatic heterocycles. The second kappa shape index (κ2) is 23.4. The van der Waals surface area contributed by atoms with Crippen LogP contribution in [0.25, 0.3) is 0 Å². The lowest BCUT2D eigenvalue weighted by Crippen LogP contribution is -2.59. The molecule has 7 atom stereocenters. The zero-order valence-corrected chi connectivity index (χ0v) is 40.2. The number of benzene rings is 1. The van der Waals surface area contributed by atoms with E-state index in [-0.39, 0.29) is 83.2 Å². The predicted octanol–water partition coefficient (Wildman–Crippen LogP) is 2.01. The average molecular weight is 953 g/mol. The number of hydrogen-bond donors (Lipinski definition) is 8. The first-order chi connectivity index (χ1) is 31.5. The molecule has 5 aliphatic rings. The van der Waals surface area contributed by atoms with Gasteiger partial charge in [0.15, 0.2) is 11.5 Å². The summed E-state index contributed by atoms with van der Waals surface area (Å²) in [6.07, 6.45) is 7.82. The van der Waals surface area contributed by atoms with Crippen molar-refractivity contribution in [2.75, 3.05) is 55.7 Å². The van der Waals surface area contributed by atoms with Gasteiger partial charge in [0.1, 0.15) is 11.6 Å². The van der Waals surface area contributed by atoms with E-state index >= 15 is 0 Å². The van der Waals surface area contributed by atoms with Gasteiger partial charge in [-0.15, -0.1) is 0 Å². The molecule has 8 N–H and O–H groups in total. The van der Waals surface area contributed by atoms with Crippen LogP contribution in [0.2, 0.25) is 0 Å². The van der Waals surface area contributed by atoms with Crippen molar-refractivity contribution in [3.05, 3.63) is 36.4 Å². The molecule has 1 saturated carbocycles. The lowest BCUT2D eigenvalue weighted by Gasteiger charge is -2.37. The van der Waals surface area contributed by atoms with Crippen molar-refractivity contribution in [2.24, 2.45) is 17.8 Å². The van der Waals surface area contributed by atoms with Crippen LogP contribution >= 0.6 is 24.0 Å². The van der Waals surface area contributed by atoms with Crippen LogP contribution in [-0.2, 0) is 33.6 Å². The van der Waals surface area contributed by atoms with Gasteiger partial charge in [-0.3, -0.25) is 49.1 Å². The highest BCUT2D eigenvalue weighted by atomic mass is 32.2. The molecular formula is C46H68N10O8S2. The highest BCUT2D eigenvalue weighted by Crippen LogP contribution is 2.49. The molecule has 0 spiro atoms. The summed E-state index contributed by atoms with van der Waals surface area (Å²) in [7, 11) is 0. The number of thioether (sulfide) groups is 1. The van der Waals surface area contributed by atoms with Gasteiger partial charge < -0.3 is 41.5 Å². The first kappa shape index (κ1) is 50.8. The Labute approximate surface area is 397 Å². The number of aliphatic hydroxyl groups excluding tert-OH is 1. The van der Waals surface area contributed by atoms with Gasteiger partial charge in [-0.2, -0.15) is 11.8 Å². The van der Waals surface area contributed by atoms with Crippen LogP contribution < -0.4 is 37.2 Å². The zero-order valence-electron chi connectivity index (χ0n) is 38.6. The summed E-state index contributed by atoms with van der Waals surface area (Å²) in [6.45, 7) is 9.48. The monoisotopic (exact) mass is 952 g/mol. The van der Waals surface area contributed by atoms with Crippen LogP contribution in [0.5, 0.6) is 0 Å². The Morgan fingerprint density at radius 2 is 1.48 bits per heavy atom. The third kappa shape index (κ3) is 13.7. The fraction of sp³-hybridized carbons (Fsp3) is 0.652. The molecule has 18 nitrogen and oxygen atoms in total. The number of nitrogens with one attached hydrogen (secondary N) is 7. The number of nitrogens with zero attached hydrogens (tertiary/aromatic N) is 3. The van der Waals surface area contributed by atoms with Crippen LogP contribution in [0.1, 0.15) is 91.9 Å². The number of carbonyl (C=O) groups excluding carboxylic acids is 7. The summed E-state index contributed by atoms with van der Waals surface area (Å²) in [5, 5.41) is 31.8. The Hall–Kier alpha value is -4.63. The fourth-order valence-electron chi connectivity index (χ4n) is 9.33. The van der Waals surface area contributed by atoms with Gasteiger partial charge in [-0.25, -0.2) is 0 Å². The highest BCUT2D eigenvalue weighted by molar-refractivity contribution is 8.00. The first-order valence-corrected chi connectivity index (χ1v) is 25.0. The lowest BCUT2D eigenvalue weighted by atomic mass is 9.99. The predicted molar refractivity (Wildman–Crippen MR) is 257 cm³/mol. The molecule has 0 radical (unpaired) electrons. The van der Waals surface area contributed by atoms with Crippen molar-refractivity contribution in [3.8, 4) is 0 Å². The van der Waals surface area contributed by atoms with Gasteiger partial charge in [0, 0.05) is 92.2 Å². The van der Waals surface area contributed by atoms with E-state index in [0.29, 0.717) is 93.9 Å². The summed E-state index contributed by atoms with van der Waals surface area (Å²) in [5.41, 5.74) is 0.253. The molecule has 2 unspecified atom stereocenters. The summed E-state index contributed by atoms with van der Waals surface area (Å²) >= 11 is 7.36. The third-order valence-corrected chi connectivity index (χ3v) is 14.8. The minimum absolute atomic E-state index is 0.0425. The molecule has 7 amide bonds. The lowest BCUT2D eigenvalue weighted by molar-refractivity contribution is -0.142. The van der Waals surface area contributed by atoms with Crippen molar-refractivity contribution < 1.29 is 38.7 Å². The molecule has 1 aromatic carbocycles. The van der Waals surface area contributed by atoms with Gasteiger partial charge in [0.25, 0.3) is 11.8 Å². The number of aliphatic hydroxyl groups is 1. The number of fused-ring (bicyclic) bond motifs is 1. The second-order valence-corrected chi connectivity index (χ2v) is 20.5. The zero-order chi connectivity index (χ0) is 47.5. The minimum atomic E-state index is -1.10. The van der Waals surface area contributed by atoms with E-state index in [1.165, 1.54) is 17.1 Å². The maximum Gasteiger partial charge on any atom is 0.253 e. The average Bonchev–Trinajstić information content (AvgIpc) is 3.53. The largest absolute Gasteiger partial charge is 0.365 e. The second-order valence-electron chi connectivity index (χ2n) is 18.8. The summed E-state index contributed by atoms with van der Waals surface area (Å²) in [4.78, 5) is 95.0. The standard InChI is InChI=1S/C46H68N10O8S2/c1-28(2)24-33(50-43(63)46(25-32(46)29(3)4)53-37(58)12-6-5-9-19-56-38(59)17-18-39(56)60)42(62)55-22-20-54(21-23-55)40(61)26-47-45(65)49-31-15-13-30(14-16-31)48-36(57)11-8-7-10-35-41-34(27-66-35)51-44(64)52-41/h13-18,28-29,32-35,41,44,51-52,64H,5-12,19-27H2,1-4H3,(H,48,57)(H,50,63)(H,53,58)(H2,47,49,65)/t32-,33+,34+,35+,41+,44?,46?/m1/s1. The summed E-state index contributed by atoms with van der Waals surface area (Å²) in [5.74, 6) is -0.600. The molecule has 4 fully saturated rings. The van der Waals surface area contributed by atoms with E-state index in [0.717, 1.165) is 25.0 Å². The maximum absolute atomic E-state index is 14.0. The molecule has 362 valence electrons. The summed E-state index contributed by atoms with van der Waals surface area (Å²) < 4.78 is 0. The maximum atomic E-state index is 14.0. The number of unbranched alkanes of at least 4 members (excludes halogenated alkanes) is 3. The van der Waals surface area contributed by atoms with Crippen molar-refractivity contribution >= 4 is 81.8 Å². The number of anilines is 2. The van der Waals surface area contributed by atoms with Crippen LogP contribution in [-0.4, -0.2) is 147 Å². The Balaban J connectivity index is 0.877. The van der Waals surface area contributed by atoms with Gasteiger partial charge in [0.05, 0.1) is 6.54 Å². The Morgan fingerprint density at radius 1 is 0.848 bits per heavy atom. The quantitative estimate of drug-likeness (QED) is 0.0473. The van der Waals surface area contributed by atoms with Crippen molar-refractivity contribution in [3.63, 3.8) is 0 Å². The Kier molecular flexibility index (Phi) is 18.0.